The third-order valence-electron chi connectivity index (χ3n) is 1.89. The molecule has 1 atom stereocenters. The van der Waals surface area contributed by atoms with E-state index < -0.39 is 0 Å². The molecule has 1 unspecified atom stereocenters. The normalized spacial score (nSPS) is 25.5. The zero-order chi connectivity index (χ0) is 6.53. The van der Waals surface area contributed by atoms with E-state index >= 15 is 0 Å². The van der Waals surface area contributed by atoms with Crippen molar-refractivity contribution < 1.29 is 18.6 Å². The quantitative estimate of drug-likeness (QED) is 0.633. The standard InChI is InChI=1S/C7H16N2.V/c1-8-5-7-3-2-4-9-6-7;/h7-9H,2-6H2,1H3;. The number of rotatable bonds is 2. The maximum Gasteiger partial charge on any atom is 0 e. The Hall–Kier alpha value is 0.504. The molecule has 0 aliphatic carbocycles. The van der Waals surface area contributed by atoms with E-state index in [9.17, 15) is 0 Å². The van der Waals surface area contributed by atoms with E-state index in [0.717, 1.165) is 5.92 Å². The summed E-state index contributed by atoms with van der Waals surface area (Å²) in [5, 5.41) is 6.58. The minimum Gasteiger partial charge on any atom is -0.319 e. The van der Waals surface area contributed by atoms with Crippen molar-refractivity contribution in [2.45, 2.75) is 12.8 Å². The van der Waals surface area contributed by atoms with Gasteiger partial charge in [0.25, 0.3) is 0 Å². The fourth-order valence-corrected chi connectivity index (χ4v) is 1.39. The average molecular weight is 179 g/mol. The Kier molecular flexibility index (Phi) is 6.54. The van der Waals surface area contributed by atoms with E-state index in [-0.39, 0.29) is 18.6 Å². The molecule has 1 aliphatic heterocycles. The summed E-state index contributed by atoms with van der Waals surface area (Å²) in [5.74, 6) is 0.878. The van der Waals surface area contributed by atoms with Gasteiger partial charge in [-0.25, -0.2) is 0 Å². The van der Waals surface area contributed by atoms with Crippen LogP contribution in [0, 0.1) is 5.92 Å². The Labute approximate surface area is 75.0 Å². The SMILES string of the molecule is CNCC1CCCNC1.[V]. The molecule has 0 spiro atoms. The van der Waals surface area contributed by atoms with Crippen LogP contribution < -0.4 is 10.6 Å². The minimum atomic E-state index is 0. The predicted octanol–water partition coefficient (Wildman–Crippen LogP) is 0.203. The Bertz CT molecular complexity index is 69.3. The minimum absolute atomic E-state index is 0. The van der Waals surface area contributed by atoms with Gasteiger partial charge in [-0.2, -0.15) is 0 Å². The van der Waals surface area contributed by atoms with Crippen molar-refractivity contribution in [3.8, 4) is 0 Å². The van der Waals surface area contributed by atoms with E-state index in [1.165, 1.54) is 32.5 Å². The molecular formula is C7H16N2V. The molecule has 0 aromatic heterocycles. The van der Waals surface area contributed by atoms with Crippen molar-refractivity contribution in [1.82, 2.24) is 10.6 Å². The second kappa shape index (κ2) is 6.23. The third-order valence-corrected chi connectivity index (χ3v) is 1.89. The summed E-state index contributed by atoms with van der Waals surface area (Å²) in [7, 11) is 2.02. The summed E-state index contributed by atoms with van der Waals surface area (Å²) in [6.45, 7) is 3.61. The molecule has 1 rings (SSSR count). The van der Waals surface area contributed by atoms with Gasteiger partial charge in [-0.05, 0) is 45.4 Å². The van der Waals surface area contributed by atoms with Gasteiger partial charge >= 0.3 is 0 Å². The maximum atomic E-state index is 3.38. The monoisotopic (exact) mass is 179 g/mol. The van der Waals surface area contributed by atoms with Gasteiger partial charge in [0.2, 0.25) is 0 Å². The van der Waals surface area contributed by atoms with Crippen LogP contribution in [0.2, 0.25) is 0 Å². The maximum absolute atomic E-state index is 3.38. The first-order chi connectivity index (χ1) is 4.43. The van der Waals surface area contributed by atoms with E-state index in [0.29, 0.717) is 0 Å². The zero-order valence-electron chi connectivity index (χ0n) is 6.56. The molecule has 10 heavy (non-hydrogen) atoms. The number of nitrogens with one attached hydrogen (secondary N) is 2. The van der Waals surface area contributed by atoms with Crippen LogP contribution in [-0.2, 0) is 18.6 Å². The summed E-state index contributed by atoms with van der Waals surface area (Å²) in [5.41, 5.74) is 0. The Morgan fingerprint density at radius 3 is 2.90 bits per heavy atom. The summed E-state index contributed by atoms with van der Waals surface area (Å²) >= 11 is 0. The van der Waals surface area contributed by atoms with Gasteiger partial charge in [-0.3, -0.25) is 0 Å². The smallest absolute Gasteiger partial charge is 0 e. The van der Waals surface area contributed by atoms with Crippen LogP contribution in [-0.4, -0.2) is 26.7 Å². The molecule has 59 valence electrons. The van der Waals surface area contributed by atoms with Crippen LogP contribution in [0.15, 0.2) is 0 Å². The van der Waals surface area contributed by atoms with Crippen molar-refractivity contribution in [2.24, 2.45) is 5.92 Å². The molecule has 1 aliphatic rings. The third kappa shape index (κ3) is 3.62. The molecular weight excluding hydrogens is 163 g/mol. The van der Waals surface area contributed by atoms with Crippen LogP contribution in [0.25, 0.3) is 0 Å². The first-order valence-corrected chi connectivity index (χ1v) is 3.79. The fraction of sp³-hybridized carbons (Fsp3) is 1.00. The van der Waals surface area contributed by atoms with Crippen LogP contribution in [0.4, 0.5) is 0 Å². The first-order valence-electron chi connectivity index (χ1n) is 3.79. The summed E-state index contributed by atoms with van der Waals surface area (Å²) in [6, 6.07) is 0. The molecule has 1 heterocycles. The van der Waals surface area contributed by atoms with E-state index in [2.05, 4.69) is 10.6 Å². The molecule has 1 radical (unpaired) electrons. The van der Waals surface area contributed by atoms with E-state index in [1.807, 2.05) is 7.05 Å². The van der Waals surface area contributed by atoms with Crippen LogP contribution in [0.1, 0.15) is 12.8 Å². The molecule has 0 saturated carbocycles. The van der Waals surface area contributed by atoms with Crippen molar-refractivity contribution in [2.75, 3.05) is 26.7 Å². The number of hydrogen-bond donors (Lipinski definition) is 2. The Morgan fingerprint density at radius 1 is 1.60 bits per heavy atom. The van der Waals surface area contributed by atoms with Gasteiger partial charge in [-0.1, -0.05) is 0 Å². The fourth-order valence-electron chi connectivity index (χ4n) is 1.39. The largest absolute Gasteiger partial charge is 0.319 e. The van der Waals surface area contributed by atoms with Gasteiger partial charge in [0.05, 0.1) is 0 Å². The number of hydrogen-bond acceptors (Lipinski definition) is 2. The van der Waals surface area contributed by atoms with Crippen molar-refractivity contribution in [1.29, 1.82) is 0 Å². The van der Waals surface area contributed by atoms with E-state index in [4.69, 9.17) is 0 Å². The summed E-state index contributed by atoms with van der Waals surface area (Å²) in [4.78, 5) is 0. The molecule has 0 amide bonds. The van der Waals surface area contributed by atoms with Gasteiger partial charge in [0.15, 0.2) is 0 Å². The second-order valence-corrected chi connectivity index (χ2v) is 2.77. The van der Waals surface area contributed by atoms with Crippen LogP contribution in [0.3, 0.4) is 0 Å². The van der Waals surface area contributed by atoms with Crippen molar-refractivity contribution in [3.05, 3.63) is 0 Å². The predicted molar refractivity (Wildman–Crippen MR) is 39.5 cm³/mol. The van der Waals surface area contributed by atoms with E-state index in [1.54, 1.807) is 0 Å². The molecule has 2 N–H and O–H groups in total. The van der Waals surface area contributed by atoms with Gasteiger partial charge in [0.1, 0.15) is 0 Å². The molecule has 0 aromatic carbocycles. The van der Waals surface area contributed by atoms with Crippen molar-refractivity contribution >= 4 is 0 Å². The number of piperidine rings is 1. The molecule has 3 heteroatoms. The topological polar surface area (TPSA) is 24.1 Å². The van der Waals surface area contributed by atoms with Crippen LogP contribution >= 0.6 is 0 Å². The first kappa shape index (κ1) is 10.5. The Balaban J connectivity index is 0.000000810. The zero-order valence-corrected chi connectivity index (χ0v) is 7.96. The summed E-state index contributed by atoms with van der Waals surface area (Å²) < 4.78 is 0. The van der Waals surface area contributed by atoms with Crippen LogP contribution in [0.5, 0.6) is 0 Å². The van der Waals surface area contributed by atoms with Gasteiger partial charge in [-0.15, -0.1) is 0 Å². The Morgan fingerprint density at radius 2 is 2.40 bits per heavy atom. The van der Waals surface area contributed by atoms with Gasteiger partial charge in [0, 0.05) is 18.6 Å². The molecule has 1 fully saturated rings. The molecule has 2 nitrogen and oxygen atoms in total. The molecule has 1 saturated heterocycles. The molecule has 0 aromatic rings. The van der Waals surface area contributed by atoms with Gasteiger partial charge < -0.3 is 10.6 Å². The average Bonchev–Trinajstić information content (AvgIpc) is 1.91. The van der Waals surface area contributed by atoms with Crippen molar-refractivity contribution in [3.63, 3.8) is 0 Å². The molecule has 0 bridgehead atoms. The summed E-state index contributed by atoms with van der Waals surface area (Å²) in [6.07, 6.45) is 2.75. The second-order valence-electron chi connectivity index (χ2n) is 2.77.